The Hall–Kier alpha value is -0.920. The van der Waals surface area contributed by atoms with Crippen molar-refractivity contribution in [3.8, 4) is 0 Å². The maximum absolute atomic E-state index is 11.6. The van der Waals surface area contributed by atoms with Gasteiger partial charge >= 0.3 is 0 Å². The average Bonchev–Trinajstić information content (AvgIpc) is 2.26. The highest BCUT2D eigenvalue weighted by molar-refractivity contribution is 7.87. The molecule has 0 radical (unpaired) electrons. The third-order valence-electron chi connectivity index (χ3n) is 2.76. The minimum absolute atomic E-state index is 0.0419. The van der Waals surface area contributed by atoms with E-state index in [2.05, 4.69) is 11.3 Å². The van der Waals surface area contributed by atoms with Gasteiger partial charge in [0.05, 0.1) is 0 Å². The summed E-state index contributed by atoms with van der Waals surface area (Å²) < 4.78 is 23.8. The van der Waals surface area contributed by atoms with Crippen molar-refractivity contribution in [2.75, 3.05) is 19.6 Å². The highest BCUT2D eigenvalue weighted by Crippen LogP contribution is 2.16. The lowest BCUT2D eigenvalue weighted by Crippen LogP contribution is -2.44. The van der Waals surface area contributed by atoms with Crippen molar-refractivity contribution in [3.05, 3.63) is 12.7 Å². The molecule has 7 heteroatoms. The van der Waals surface area contributed by atoms with Gasteiger partial charge in [-0.25, -0.2) is 9.86 Å². The second-order valence-corrected chi connectivity index (χ2v) is 5.61. The number of nitrogens with one attached hydrogen (secondary N) is 1. The van der Waals surface area contributed by atoms with Crippen LogP contribution in [-0.4, -0.2) is 38.9 Å². The van der Waals surface area contributed by atoms with Crippen molar-refractivity contribution in [2.45, 2.75) is 19.3 Å². The Bertz CT molecular complexity index is 380. The lowest BCUT2D eigenvalue weighted by molar-refractivity contribution is -0.132. The molecule has 0 aromatic heterocycles. The number of hydrogen-bond donors (Lipinski definition) is 2. The Labute approximate surface area is 102 Å². The molecule has 6 nitrogen and oxygen atoms in total. The van der Waals surface area contributed by atoms with E-state index in [1.165, 1.54) is 0 Å². The maximum Gasteiger partial charge on any atom is 0.274 e. The van der Waals surface area contributed by atoms with E-state index in [-0.39, 0.29) is 18.4 Å². The quantitative estimate of drug-likeness (QED) is 0.659. The van der Waals surface area contributed by atoms with Gasteiger partial charge in [-0.1, -0.05) is 6.08 Å². The molecule has 0 aromatic carbocycles. The molecule has 3 N–H and O–H groups in total. The topological polar surface area (TPSA) is 92.5 Å². The minimum atomic E-state index is -3.64. The van der Waals surface area contributed by atoms with Crippen molar-refractivity contribution < 1.29 is 13.2 Å². The summed E-state index contributed by atoms with van der Waals surface area (Å²) in [5.41, 5.74) is 0. The minimum Gasteiger partial charge on any atom is -0.342 e. The van der Waals surface area contributed by atoms with Gasteiger partial charge in [0.1, 0.15) is 0 Å². The molecule has 0 saturated carbocycles. The van der Waals surface area contributed by atoms with Gasteiger partial charge in [0.25, 0.3) is 10.2 Å². The summed E-state index contributed by atoms with van der Waals surface area (Å²) in [6.45, 7) is 5.13. The van der Waals surface area contributed by atoms with Crippen molar-refractivity contribution >= 4 is 16.1 Å². The van der Waals surface area contributed by atoms with Crippen LogP contribution in [0.25, 0.3) is 0 Å². The number of nitrogens with zero attached hydrogens (tertiary/aromatic N) is 1. The Morgan fingerprint density at radius 1 is 1.59 bits per heavy atom. The number of likely N-dealkylation sites (tertiary alicyclic amines) is 1. The summed E-state index contributed by atoms with van der Waals surface area (Å²) in [5, 5.41) is 4.86. The van der Waals surface area contributed by atoms with E-state index in [0.717, 1.165) is 19.4 Å². The summed E-state index contributed by atoms with van der Waals surface area (Å²) >= 11 is 0. The normalized spacial score (nSPS) is 21.2. The third-order valence-corrected chi connectivity index (χ3v) is 3.33. The summed E-state index contributed by atoms with van der Waals surface area (Å²) in [5.74, 6) is 0.177. The third kappa shape index (κ3) is 5.29. The van der Waals surface area contributed by atoms with Gasteiger partial charge in [-0.2, -0.15) is 8.42 Å². The molecular formula is C10H19N3O3S. The predicted octanol–water partition coefficient (Wildman–Crippen LogP) is -0.406. The number of rotatable bonds is 5. The number of amides is 1. The van der Waals surface area contributed by atoms with Crippen LogP contribution >= 0.6 is 0 Å². The van der Waals surface area contributed by atoms with E-state index >= 15 is 0 Å². The smallest absolute Gasteiger partial charge is 0.274 e. The van der Waals surface area contributed by atoms with Crippen molar-refractivity contribution in [1.82, 2.24) is 9.62 Å². The summed E-state index contributed by atoms with van der Waals surface area (Å²) in [7, 11) is -3.64. The Balaban J connectivity index is 2.43. The van der Waals surface area contributed by atoms with Crippen LogP contribution in [0.1, 0.15) is 19.3 Å². The first-order chi connectivity index (χ1) is 7.92. The van der Waals surface area contributed by atoms with E-state index in [9.17, 15) is 13.2 Å². The van der Waals surface area contributed by atoms with Gasteiger partial charge in [-0.15, -0.1) is 6.58 Å². The zero-order valence-corrected chi connectivity index (χ0v) is 10.6. The molecule has 1 amide bonds. The molecule has 1 atom stereocenters. The molecule has 0 bridgehead atoms. The monoisotopic (exact) mass is 261 g/mol. The Morgan fingerprint density at radius 3 is 2.88 bits per heavy atom. The lowest BCUT2D eigenvalue weighted by Gasteiger charge is -2.32. The second-order valence-electron chi connectivity index (χ2n) is 4.23. The highest BCUT2D eigenvalue weighted by Gasteiger charge is 2.23. The molecule has 1 aliphatic heterocycles. The first-order valence-corrected chi connectivity index (χ1v) is 7.13. The molecule has 0 aromatic rings. The van der Waals surface area contributed by atoms with Gasteiger partial charge in [0.2, 0.25) is 5.91 Å². The highest BCUT2D eigenvalue weighted by atomic mass is 32.2. The fourth-order valence-corrected chi connectivity index (χ4v) is 2.41. The first kappa shape index (κ1) is 14.1. The van der Waals surface area contributed by atoms with Crippen molar-refractivity contribution in [3.63, 3.8) is 0 Å². The molecule has 1 unspecified atom stereocenters. The predicted molar refractivity (Wildman–Crippen MR) is 65.2 cm³/mol. The van der Waals surface area contributed by atoms with E-state index in [1.807, 2.05) is 0 Å². The van der Waals surface area contributed by atoms with Gasteiger partial charge in [-0.3, -0.25) is 4.79 Å². The van der Waals surface area contributed by atoms with Crippen LogP contribution in [0.4, 0.5) is 0 Å². The van der Waals surface area contributed by atoms with Gasteiger partial charge in [0.15, 0.2) is 0 Å². The van der Waals surface area contributed by atoms with Crippen LogP contribution in [0.3, 0.4) is 0 Å². The molecule has 1 rings (SSSR count). The number of piperidine rings is 1. The fraction of sp³-hybridized carbons (Fsp3) is 0.700. The lowest BCUT2D eigenvalue weighted by atomic mass is 9.98. The standard InChI is InChI=1S/C10H19N3O3S/c1-2-4-10(14)13-6-3-5-9(8-13)7-12-17(11,15)16/h2,9,12H,1,3-8H2,(H2,11,15,16). The van der Waals surface area contributed by atoms with Crippen molar-refractivity contribution in [1.29, 1.82) is 0 Å². The van der Waals surface area contributed by atoms with Gasteiger partial charge < -0.3 is 4.90 Å². The fourth-order valence-electron chi connectivity index (χ4n) is 1.94. The second kappa shape index (κ2) is 6.13. The first-order valence-electron chi connectivity index (χ1n) is 5.58. The van der Waals surface area contributed by atoms with E-state index in [1.54, 1.807) is 11.0 Å². The number of hydrogen-bond acceptors (Lipinski definition) is 3. The Morgan fingerprint density at radius 2 is 2.29 bits per heavy atom. The molecule has 0 aliphatic carbocycles. The molecule has 17 heavy (non-hydrogen) atoms. The van der Waals surface area contributed by atoms with Gasteiger partial charge in [0, 0.05) is 26.1 Å². The molecule has 98 valence electrons. The van der Waals surface area contributed by atoms with Crippen LogP contribution in [0.5, 0.6) is 0 Å². The molecule has 1 heterocycles. The molecule has 1 fully saturated rings. The molecule has 0 spiro atoms. The average molecular weight is 261 g/mol. The van der Waals surface area contributed by atoms with E-state index in [0.29, 0.717) is 13.0 Å². The number of carbonyl (C=O) groups excluding carboxylic acids is 1. The molecular weight excluding hydrogens is 242 g/mol. The molecule has 1 aliphatic rings. The van der Waals surface area contributed by atoms with E-state index < -0.39 is 10.2 Å². The van der Waals surface area contributed by atoms with Gasteiger partial charge in [-0.05, 0) is 18.8 Å². The zero-order valence-electron chi connectivity index (χ0n) is 9.76. The zero-order chi connectivity index (χ0) is 12.9. The number of nitrogens with two attached hydrogens (primary N) is 1. The maximum atomic E-state index is 11.6. The molecule has 1 saturated heterocycles. The van der Waals surface area contributed by atoms with Crippen LogP contribution < -0.4 is 9.86 Å². The SMILES string of the molecule is C=CCC(=O)N1CCCC(CNS(N)(=O)=O)C1. The Kier molecular flexibility index (Phi) is 5.10. The largest absolute Gasteiger partial charge is 0.342 e. The summed E-state index contributed by atoms with van der Waals surface area (Å²) in [6.07, 6.45) is 3.70. The summed E-state index contributed by atoms with van der Waals surface area (Å²) in [6, 6.07) is 0. The van der Waals surface area contributed by atoms with E-state index in [4.69, 9.17) is 5.14 Å². The van der Waals surface area contributed by atoms with Crippen LogP contribution in [-0.2, 0) is 15.0 Å². The van der Waals surface area contributed by atoms with Crippen LogP contribution in [0.15, 0.2) is 12.7 Å². The number of carbonyl (C=O) groups is 1. The summed E-state index contributed by atoms with van der Waals surface area (Å²) in [4.78, 5) is 13.4. The van der Waals surface area contributed by atoms with Crippen molar-refractivity contribution in [2.24, 2.45) is 11.1 Å². The van der Waals surface area contributed by atoms with Crippen LogP contribution in [0, 0.1) is 5.92 Å². The van der Waals surface area contributed by atoms with Crippen LogP contribution in [0.2, 0.25) is 0 Å².